The van der Waals surface area contributed by atoms with Crippen molar-refractivity contribution in [2.24, 2.45) is 5.92 Å². The molecular weight excluding hydrogens is 620 g/mol. The van der Waals surface area contributed by atoms with E-state index in [2.05, 4.69) is 17.4 Å². The van der Waals surface area contributed by atoms with Gasteiger partial charge in [-0.2, -0.15) is 13.5 Å². The maximum atomic E-state index is 15.9. The first-order valence-electron chi connectivity index (χ1n) is 16.1. The minimum atomic E-state index is -1.23. The number of rotatable bonds is 13. The highest BCUT2D eigenvalue weighted by molar-refractivity contribution is 7.59. The smallest absolute Gasteiger partial charge is 0.305 e. The fourth-order valence-corrected chi connectivity index (χ4v) is 6.34. The Labute approximate surface area is 283 Å². The van der Waals surface area contributed by atoms with Crippen molar-refractivity contribution in [2.75, 3.05) is 20.6 Å². The molecule has 0 bridgehead atoms. The van der Waals surface area contributed by atoms with Crippen molar-refractivity contribution in [2.45, 2.75) is 91.6 Å². The zero-order valence-electron chi connectivity index (χ0n) is 28.8. The van der Waals surface area contributed by atoms with Gasteiger partial charge in [-0.15, -0.1) is 0 Å². The second-order valence-electron chi connectivity index (χ2n) is 13.7. The number of aryl methyl sites for hydroxylation is 3. The molecule has 1 amide bonds. The third-order valence-corrected chi connectivity index (χ3v) is 8.94. The molecule has 1 aromatic heterocycles. The molecule has 0 aliphatic heterocycles. The molecule has 256 valence electrons. The molecule has 1 heterocycles. The highest BCUT2D eigenvalue weighted by Crippen LogP contribution is 2.43. The monoisotopic (exact) mass is 669 g/mol. The van der Waals surface area contributed by atoms with Crippen LogP contribution in [-0.2, 0) is 16.0 Å². The number of carbonyl (C=O) groups excluding carboxylic acids is 1. The number of halogens is 2. The van der Waals surface area contributed by atoms with Gasteiger partial charge in [-0.1, -0.05) is 26.0 Å². The van der Waals surface area contributed by atoms with E-state index in [0.717, 1.165) is 26.8 Å². The van der Waals surface area contributed by atoms with Crippen molar-refractivity contribution in [3.8, 4) is 11.1 Å². The molecule has 1 unspecified atom stereocenters. The Morgan fingerprint density at radius 2 is 1.62 bits per heavy atom. The number of pyridine rings is 1. The normalized spacial score (nSPS) is 14.2. The van der Waals surface area contributed by atoms with Crippen LogP contribution in [0.3, 0.4) is 0 Å². The summed E-state index contributed by atoms with van der Waals surface area (Å²) >= 11 is 0. The Morgan fingerprint density at radius 3 is 2.15 bits per heavy atom. The third kappa shape index (κ3) is 8.90. The zero-order chi connectivity index (χ0) is 34.0. The van der Waals surface area contributed by atoms with Gasteiger partial charge in [-0.25, -0.2) is 8.78 Å². The number of aliphatic carboxylic acids is 1. The van der Waals surface area contributed by atoms with E-state index in [-0.39, 0.29) is 37.0 Å². The van der Waals surface area contributed by atoms with Crippen molar-refractivity contribution < 1.29 is 23.5 Å². The summed E-state index contributed by atoms with van der Waals surface area (Å²) < 4.78 is 32.3. The molecule has 7 nitrogen and oxygen atoms in total. The molecule has 1 aliphatic rings. The standard InChI is InChI=1S/C37H47F2N3O4.H2S/c1-20(2)13-31(42-19-26(11-12-41(7)8)24(6)35(39)37(42)46)36(45)40-30(18-32(43)44)29-17-28(16-23(5)34(29)38)33-21(3)14-27(15-22(33)4)25-9-10-25;/h14-17,19-20,25,30-31H,9-13,18H2,1-8H3,(H,40,45)(H,43,44);1H2/t30-,31?;/m0./s1. The first-order valence-corrected chi connectivity index (χ1v) is 16.1. The molecule has 0 radical (unpaired) electrons. The van der Waals surface area contributed by atoms with Crippen molar-refractivity contribution >= 4 is 25.4 Å². The van der Waals surface area contributed by atoms with E-state index in [1.807, 2.05) is 46.7 Å². The van der Waals surface area contributed by atoms with Crippen LogP contribution in [0.2, 0.25) is 0 Å². The number of carboxylic acids is 1. The Balaban J connectivity index is 0.00000600. The van der Waals surface area contributed by atoms with Gasteiger partial charge in [0.15, 0.2) is 5.82 Å². The molecule has 2 N–H and O–H groups in total. The summed E-state index contributed by atoms with van der Waals surface area (Å²) in [5.74, 6) is -2.92. The van der Waals surface area contributed by atoms with E-state index in [4.69, 9.17) is 0 Å². The van der Waals surface area contributed by atoms with Gasteiger partial charge < -0.3 is 19.9 Å². The number of hydrogen-bond acceptors (Lipinski definition) is 4. The van der Waals surface area contributed by atoms with E-state index in [9.17, 15) is 19.5 Å². The Morgan fingerprint density at radius 1 is 1.00 bits per heavy atom. The largest absolute Gasteiger partial charge is 0.481 e. The van der Waals surface area contributed by atoms with Gasteiger partial charge >= 0.3 is 5.97 Å². The first-order chi connectivity index (χ1) is 21.6. The lowest BCUT2D eigenvalue weighted by atomic mass is 9.88. The van der Waals surface area contributed by atoms with Crippen LogP contribution in [0.1, 0.15) is 96.5 Å². The van der Waals surface area contributed by atoms with Gasteiger partial charge in [-0.3, -0.25) is 14.4 Å². The summed E-state index contributed by atoms with van der Waals surface area (Å²) in [6.45, 7) is 11.6. The average molecular weight is 670 g/mol. The van der Waals surface area contributed by atoms with Gasteiger partial charge in [0.25, 0.3) is 5.56 Å². The highest BCUT2D eigenvalue weighted by atomic mass is 32.1. The molecule has 1 aliphatic carbocycles. The fourth-order valence-electron chi connectivity index (χ4n) is 6.34. The summed E-state index contributed by atoms with van der Waals surface area (Å²) in [7, 11) is 3.78. The predicted molar refractivity (Wildman–Crippen MR) is 188 cm³/mol. The predicted octanol–water partition coefficient (Wildman–Crippen LogP) is 7.04. The number of carboxylic acid groups (broad SMARTS) is 1. The van der Waals surface area contributed by atoms with E-state index >= 15 is 8.78 Å². The van der Waals surface area contributed by atoms with Crippen LogP contribution >= 0.6 is 13.5 Å². The molecule has 10 heteroatoms. The minimum absolute atomic E-state index is 0. The SMILES string of the molecule is Cc1cc(-c2c(C)cc(C3CC3)cc2C)cc([C@H](CC(=O)O)NC(=O)C(CC(C)C)n2cc(CCN(C)C)c(C)c(F)c2=O)c1F.S. The van der Waals surface area contributed by atoms with Crippen molar-refractivity contribution in [3.63, 3.8) is 0 Å². The summed E-state index contributed by atoms with van der Waals surface area (Å²) in [5, 5.41) is 12.6. The van der Waals surface area contributed by atoms with E-state index in [1.54, 1.807) is 26.0 Å². The van der Waals surface area contributed by atoms with Crippen molar-refractivity contribution in [3.05, 3.63) is 91.4 Å². The molecule has 0 spiro atoms. The van der Waals surface area contributed by atoms with Gasteiger partial charge in [0, 0.05) is 18.3 Å². The fraction of sp³-hybridized carbons (Fsp3) is 0.486. The molecule has 0 saturated heterocycles. The van der Waals surface area contributed by atoms with Gasteiger partial charge in [0.05, 0.1) is 12.5 Å². The van der Waals surface area contributed by atoms with Crippen LogP contribution in [0.15, 0.2) is 35.3 Å². The molecule has 2 aromatic carbocycles. The highest BCUT2D eigenvalue weighted by Gasteiger charge is 2.31. The quantitative estimate of drug-likeness (QED) is 0.204. The lowest BCUT2D eigenvalue weighted by Crippen LogP contribution is -2.41. The third-order valence-electron chi connectivity index (χ3n) is 8.94. The Kier molecular flexibility index (Phi) is 12.6. The number of likely N-dealkylation sites (N-methyl/N-ethyl adjacent to an activating group) is 1. The average Bonchev–Trinajstić information content (AvgIpc) is 3.81. The number of benzene rings is 2. The van der Waals surface area contributed by atoms with Crippen LogP contribution < -0.4 is 10.9 Å². The number of nitrogens with one attached hydrogen (secondary N) is 1. The minimum Gasteiger partial charge on any atom is -0.481 e. The lowest BCUT2D eigenvalue weighted by Gasteiger charge is -2.27. The molecule has 47 heavy (non-hydrogen) atoms. The Hall–Kier alpha value is -3.50. The first kappa shape index (κ1) is 38.0. The number of carbonyl (C=O) groups is 2. The van der Waals surface area contributed by atoms with Crippen LogP contribution in [0.5, 0.6) is 0 Å². The van der Waals surface area contributed by atoms with Gasteiger partial charge in [0.2, 0.25) is 5.91 Å². The van der Waals surface area contributed by atoms with Gasteiger partial charge in [0.1, 0.15) is 11.9 Å². The van der Waals surface area contributed by atoms with E-state index in [1.165, 1.54) is 24.6 Å². The summed E-state index contributed by atoms with van der Waals surface area (Å²) in [4.78, 5) is 41.3. The molecule has 1 saturated carbocycles. The number of hydrogen-bond donors (Lipinski definition) is 2. The number of amides is 1. The molecule has 4 rings (SSSR count). The van der Waals surface area contributed by atoms with E-state index in [0.29, 0.717) is 30.0 Å². The van der Waals surface area contributed by atoms with Crippen molar-refractivity contribution in [1.29, 1.82) is 0 Å². The maximum absolute atomic E-state index is 15.9. The zero-order valence-corrected chi connectivity index (χ0v) is 29.8. The van der Waals surface area contributed by atoms with Crippen LogP contribution in [0.25, 0.3) is 11.1 Å². The maximum Gasteiger partial charge on any atom is 0.305 e. The van der Waals surface area contributed by atoms with Crippen molar-refractivity contribution in [1.82, 2.24) is 14.8 Å². The van der Waals surface area contributed by atoms with Gasteiger partial charge in [-0.05, 0) is 136 Å². The van der Waals surface area contributed by atoms with Crippen LogP contribution in [0.4, 0.5) is 8.78 Å². The summed E-state index contributed by atoms with van der Waals surface area (Å²) in [6, 6.07) is 5.33. The molecule has 3 aromatic rings. The summed E-state index contributed by atoms with van der Waals surface area (Å²) in [6.07, 6.45) is 3.95. The lowest BCUT2D eigenvalue weighted by molar-refractivity contribution is -0.138. The second kappa shape index (κ2) is 15.6. The molecule has 1 fully saturated rings. The number of nitrogens with zero attached hydrogens (tertiary/aromatic N) is 2. The topological polar surface area (TPSA) is 91.6 Å². The Bertz CT molecular complexity index is 1670. The van der Waals surface area contributed by atoms with Crippen LogP contribution in [0, 0.1) is 45.2 Å². The second-order valence-corrected chi connectivity index (χ2v) is 13.7. The summed E-state index contributed by atoms with van der Waals surface area (Å²) in [5.41, 5.74) is 5.33. The van der Waals surface area contributed by atoms with Crippen LogP contribution in [-0.4, -0.2) is 47.1 Å². The van der Waals surface area contributed by atoms with E-state index < -0.39 is 47.6 Å². The number of aromatic nitrogens is 1. The molecule has 2 atom stereocenters. The molecular formula is C37H49F2N3O4S.